The Labute approximate surface area is 123 Å². The molecule has 1 aromatic carbocycles. The molecule has 0 aliphatic heterocycles. The number of rotatable bonds is 3. The summed E-state index contributed by atoms with van der Waals surface area (Å²) in [4.78, 5) is 18.3. The summed E-state index contributed by atoms with van der Waals surface area (Å²) in [6, 6.07) is 10.6. The Balaban J connectivity index is 2.14. The highest BCUT2D eigenvalue weighted by Gasteiger charge is 2.13. The van der Waals surface area contributed by atoms with Crippen LogP contribution >= 0.6 is 11.6 Å². The molecule has 0 radical (unpaired) electrons. The topological polar surface area (TPSA) is 59.2 Å². The average molecular weight is 290 g/mol. The lowest BCUT2D eigenvalue weighted by molar-refractivity contribution is 0.0783. The van der Waals surface area contributed by atoms with Crippen LogP contribution in [0.5, 0.6) is 0 Å². The van der Waals surface area contributed by atoms with Crippen molar-refractivity contribution in [3.8, 4) is 0 Å². The highest BCUT2D eigenvalue weighted by molar-refractivity contribution is 6.33. The summed E-state index contributed by atoms with van der Waals surface area (Å²) < 4.78 is 0. The number of halogens is 1. The summed E-state index contributed by atoms with van der Waals surface area (Å²) in [5.74, 6) is -0.114. The fourth-order valence-corrected chi connectivity index (χ4v) is 2.02. The van der Waals surface area contributed by atoms with Gasteiger partial charge in [0.15, 0.2) is 0 Å². The second-order valence-electron chi connectivity index (χ2n) is 4.67. The lowest BCUT2D eigenvalue weighted by Crippen LogP contribution is -2.26. The first-order valence-corrected chi connectivity index (χ1v) is 6.58. The van der Waals surface area contributed by atoms with Crippen molar-refractivity contribution in [2.75, 3.05) is 12.8 Å². The molecule has 0 atom stereocenters. The molecule has 20 heavy (non-hydrogen) atoms. The third-order valence-electron chi connectivity index (χ3n) is 2.93. The van der Waals surface area contributed by atoms with Crippen LogP contribution in [0.25, 0.3) is 0 Å². The average Bonchev–Trinajstić information content (AvgIpc) is 2.41. The standard InChI is InChI=1S/C15H16ClN3O/c1-10-4-3-5-12(18-10)9-19(2)15(20)11-6-7-13(16)14(17)8-11/h3-8H,9,17H2,1-2H3. The third kappa shape index (κ3) is 3.27. The van der Waals surface area contributed by atoms with Gasteiger partial charge in [0.1, 0.15) is 0 Å². The molecule has 2 aromatic rings. The molecule has 0 fully saturated rings. The Hall–Kier alpha value is -2.07. The fraction of sp³-hybridized carbons (Fsp3) is 0.200. The highest BCUT2D eigenvalue weighted by Crippen LogP contribution is 2.20. The first kappa shape index (κ1) is 14.3. The zero-order valence-electron chi connectivity index (χ0n) is 11.4. The molecule has 2 rings (SSSR count). The summed E-state index contributed by atoms with van der Waals surface area (Å²) in [5, 5.41) is 0.449. The monoisotopic (exact) mass is 289 g/mol. The van der Waals surface area contributed by atoms with Crippen LogP contribution in [0.1, 0.15) is 21.7 Å². The van der Waals surface area contributed by atoms with Crippen LogP contribution in [0, 0.1) is 6.92 Å². The van der Waals surface area contributed by atoms with E-state index in [1.807, 2.05) is 25.1 Å². The number of carbonyl (C=O) groups is 1. The number of hydrogen-bond donors (Lipinski definition) is 1. The van der Waals surface area contributed by atoms with Gasteiger partial charge >= 0.3 is 0 Å². The van der Waals surface area contributed by atoms with Crippen LogP contribution in [0.2, 0.25) is 5.02 Å². The second kappa shape index (κ2) is 5.92. The van der Waals surface area contributed by atoms with Gasteiger partial charge in [0.2, 0.25) is 0 Å². The first-order valence-electron chi connectivity index (χ1n) is 6.20. The van der Waals surface area contributed by atoms with Crippen LogP contribution in [0.3, 0.4) is 0 Å². The highest BCUT2D eigenvalue weighted by atomic mass is 35.5. The molecule has 5 heteroatoms. The molecular formula is C15H16ClN3O. The minimum Gasteiger partial charge on any atom is -0.398 e. The quantitative estimate of drug-likeness (QED) is 0.884. The maximum atomic E-state index is 12.3. The van der Waals surface area contributed by atoms with E-state index in [0.717, 1.165) is 11.4 Å². The van der Waals surface area contributed by atoms with E-state index in [4.69, 9.17) is 17.3 Å². The minimum absolute atomic E-state index is 0.114. The van der Waals surface area contributed by atoms with Crippen molar-refractivity contribution >= 4 is 23.2 Å². The summed E-state index contributed by atoms with van der Waals surface area (Å²) in [5.41, 5.74) is 8.41. The molecule has 1 aromatic heterocycles. The molecule has 0 aliphatic carbocycles. The number of anilines is 1. The molecule has 0 saturated carbocycles. The number of carbonyl (C=O) groups excluding carboxylic acids is 1. The largest absolute Gasteiger partial charge is 0.398 e. The van der Waals surface area contributed by atoms with Gasteiger partial charge in [-0.25, -0.2) is 0 Å². The summed E-state index contributed by atoms with van der Waals surface area (Å²) in [7, 11) is 1.73. The zero-order valence-corrected chi connectivity index (χ0v) is 12.2. The van der Waals surface area contributed by atoms with Gasteiger partial charge in [-0.1, -0.05) is 17.7 Å². The number of aryl methyl sites for hydroxylation is 1. The third-order valence-corrected chi connectivity index (χ3v) is 3.28. The number of amides is 1. The van der Waals surface area contributed by atoms with Gasteiger partial charge in [0.25, 0.3) is 5.91 Å². The zero-order chi connectivity index (χ0) is 14.7. The van der Waals surface area contributed by atoms with E-state index < -0.39 is 0 Å². The number of hydrogen-bond acceptors (Lipinski definition) is 3. The molecule has 0 saturated heterocycles. The molecule has 104 valence electrons. The van der Waals surface area contributed by atoms with Gasteiger partial charge in [-0.15, -0.1) is 0 Å². The number of nitrogens with two attached hydrogens (primary N) is 1. The Kier molecular flexibility index (Phi) is 4.25. The van der Waals surface area contributed by atoms with Crippen LogP contribution in [0.15, 0.2) is 36.4 Å². The van der Waals surface area contributed by atoms with Gasteiger partial charge in [-0.2, -0.15) is 0 Å². The van der Waals surface area contributed by atoms with E-state index in [0.29, 0.717) is 22.8 Å². The number of aromatic nitrogens is 1. The van der Waals surface area contributed by atoms with Gasteiger partial charge in [-0.3, -0.25) is 9.78 Å². The van der Waals surface area contributed by atoms with E-state index in [2.05, 4.69) is 4.98 Å². The molecule has 1 heterocycles. The summed E-state index contributed by atoms with van der Waals surface area (Å²) in [6.45, 7) is 2.37. The number of nitrogen functional groups attached to an aromatic ring is 1. The van der Waals surface area contributed by atoms with Crippen molar-refractivity contribution < 1.29 is 4.79 Å². The van der Waals surface area contributed by atoms with Crippen molar-refractivity contribution in [3.63, 3.8) is 0 Å². The summed E-state index contributed by atoms with van der Waals surface area (Å²) >= 11 is 5.85. The van der Waals surface area contributed by atoms with Crippen molar-refractivity contribution in [1.29, 1.82) is 0 Å². The van der Waals surface area contributed by atoms with Crippen molar-refractivity contribution in [3.05, 3.63) is 58.4 Å². The smallest absolute Gasteiger partial charge is 0.254 e. The van der Waals surface area contributed by atoms with Crippen molar-refractivity contribution in [2.24, 2.45) is 0 Å². The lowest BCUT2D eigenvalue weighted by Gasteiger charge is -2.17. The van der Waals surface area contributed by atoms with E-state index in [1.54, 1.807) is 30.1 Å². The molecule has 0 unspecified atom stereocenters. The number of nitrogens with zero attached hydrogens (tertiary/aromatic N) is 2. The first-order chi connectivity index (χ1) is 9.47. The molecular weight excluding hydrogens is 274 g/mol. The second-order valence-corrected chi connectivity index (χ2v) is 5.08. The van der Waals surface area contributed by atoms with E-state index in [1.165, 1.54) is 0 Å². The lowest BCUT2D eigenvalue weighted by atomic mass is 10.1. The fourth-order valence-electron chi connectivity index (χ4n) is 1.90. The van der Waals surface area contributed by atoms with Crippen LogP contribution in [0.4, 0.5) is 5.69 Å². The molecule has 1 amide bonds. The van der Waals surface area contributed by atoms with Crippen LogP contribution in [-0.2, 0) is 6.54 Å². The number of benzene rings is 1. The van der Waals surface area contributed by atoms with Crippen LogP contribution in [-0.4, -0.2) is 22.8 Å². The Morgan fingerprint density at radius 1 is 1.35 bits per heavy atom. The van der Waals surface area contributed by atoms with Crippen molar-refractivity contribution in [2.45, 2.75) is 13.5 Å². The molecule has 4 nitrogen and oxygen atoms in total. The Bertz CT molecular complexity index is 643. The predicted octanol–water partition coefficient (Wildman–Crippen LogP) is 2.90. The minimum atomic E-state index is -0.114. The predicted molar refractivity (Wildman–Crippen MR) is 80.6 cm³/mol. The molecule has 0 aliphatic rings. The molecule has 2 N–H and O–H groups in total. The van der Waals surface area contributed by atoms with Gasteiger partial charge < -0.3 is 10.6 Å². The Morgan fingerprint density at radius 2 is 2.10 bits per heavy atom. The Morgan fingerprint density at radius 3 is 2.75 bits per heavy atom. The van der Waals surface area contributed by atoms with Crippen molar-refractivity contribution in [1.82, 2.24) is 9.88 Å². The SMILES string of the molecule is Cc1cccc(CN(C)C(=O)c2ccc(Cl)c(N)c2)n1. The maximum Gasteiger partial charge on any atom is 0.254 e. The van der Waals surface area contributed by atoms with E-state index in [9.17, 15) is 4.79 Å². The molecule has 0 spiro atoms. The van der Waals surface area contributed by atoms with Gasteiger partial charge in [-0.05, 0) is 37.3 Å². The van der Waals surface area contributed by atoms with Gasteiger partial charge in [0, 0.05) is 18.3 Å². The summed E-state index contributed by atoms with van der Waals surface area (Å²) in [6.07, 6.45) is 0. The van der Waals surface area contributed by atoms with E-state index >= 15 is 0 Å². The van der Waals surface area contributed by atoms with Crippen LogP contribution < -0.4 is 5.73 Å². The number of pyridine rings is 1. The molecule has 0 bridgehead atoms. The van der Waals surface area contributed by atoms with Gasteiger partial charge in [0.05, 0.1) is 22.9 Å². The normalized spacial score (nSPS) is 10.3. The maximum absolute atomic E-state index is 12.3. The van der Waals surface area contributed by atoms with E-state index in [-0.39, 0.29) is 5.91 Å².